The fraction of sp³-hybridized carbons (Fsp3) is 0.471. The molecule has 2 rings (SSSR count). The first-order valence-electron chi connectivity index (χ1n) is 7.92. The SMILES string of the molecule is CC(C)Cn1cc(CC(=O)NS(=O)(=O)C(C)C)c2ccc(Br)cc21. The summed E-state index contributed by atoms with van der Waals surface area (Å²) < 4.78 is 28.9. The molecule has 0 bridgehead atoms. The maximum atomic E-state index is 12.2. The van der Waals surface area contributed by atoms with Crippen molar-refractivity contribution in [3.63, 3.8) is 0 Å². The molecule has 24 heavy (non-hydrogen) atoms. The summed E-state index contributed by atoms with van der Waals surface area (Å²) in [4.78, 5) is 12.2. The van der Waals surface area contributed by atoms with E-state index in [-0.39, 0.29) is 6.42 Å². The van der Waals surface area contributed by atoms with Gasteiger partial charge < -0.3 is 4.57 Å². The van der Waals surface area contributed by atoms with Gasteiger partial charge in [0.1, 0.15) is 0 Å². The molecule has 0 aliphatic carbocycles. The van der Waals surface area contributed by atoms with Crippen LogP contribution in [0.4, 0.5) is 0 Å². The van der Waals surface area contributed by atoms with Gasteiger partial charge in [-0.05, 0) is 37.5 Å². The average Bonchev–Trinajstić information content (AvgIpc) is 2.74. The molecule has 0 atom stereocenters. The second kappa shape index (κ2) is 7.27. The van der Waals surface area contributed by atoms with E-state index in [2.05, 4.69) is 39.1 Å². The first kappa shape index (κ1) is 19.0. The highest BCUT2D eigenvalue weighted by atomic mass is 79.9. The van der Waals surface area contributed by atoms with Crippen molar-refractivity contribution < 1.29 is 13.2 Å². The van der Waals surface area contributed by atoms with Crippen LogP contribution in [0.15, 0.2) is 28.9 Å². The molecule has 132 valence electrons. The fourth-order valence-corrected chi connectivity index (χ4v) is 3.49. The van der Waals surface area contributed by atoms with E-state index >= 15 is 0 Å². The maximum absolute atomic E-state index is 12.2. The summed E-state index contributed by atoms with van der Waals surface area (Å²) in [7, 11) is -3.60. The first-order chi connectivity index (χ1) is 11.1. The van der Waals surface area contributed by atoms with Crippen LogP contribution in [-0.4, -0.2) is 24.1 Å². The highest BCUT2D eigenvalue weighted by Gasteiger charge is 2.20. The summed E-state index contributed by atoms with van der Waals surface area (Å²) in [5.74, 6) is -0.0437. The van der Waals surface area contributed by atoms with Crippen LogP contribution in [0.5, 0.6) is 0 Å². The van der Waals surface area contributed by atoms with Crippen molar-refractivity contribution in [1.82, 2.24) is 9.29 Å². The zero-order chi connectivity index (χ0) is 18.1. The zero-order valence-electron chi connectivity index (χ0n) is 14.3. The highest BCUT2D eigenvalue weighted by molar-refractivity contribution is 9.10. The number of amides is 1. The van der Waals surface area contributed by atoms with Crippen molar-refractivity contribution in [1.29, 1.82) is 0 Å². The normalized spacial score (nSPS) is 12.3. The first-order valence-corrected chi connectivity index (χ1v) is 10.3. The Labute approximate surface area is 151 Å². The largest absolute Gasteiger partial charge is 0.347 e. The van der Waals surface area contributed by atoms with E-state index in [0.29, 0.717) is 5.92 Å². The minimum atomic E-state index is -3.60. The Hall–Kier alpha value is -1.34. The molecule has 1 amide bonds. The monoisotopic (exact) mass is 414 g/mol. The standard InChI is InChI=1S/C17H23BrN2O3S/c1-11(2)9-20-10-13(15-6-5-14(18)8-16(15)20)7-17(21)19-24(22,23)12(3)4/h5-6,8,10-12H,7,9H2,1-4H3,(H,19,21). The number of carbonyl (C=O) groups is 1. The van der Waals surface area contributed by atoms with Gasteiger partial charge in [0, 0.05) is 28.1 Å². The summed E-state index contributed by atoms with van der Waals surface area (Å²) in [6.07, 6.45) is 1.98. The van der Waals surface area contributed by atoms with Crippen LogP contribution in [0.25, 0.3) is 10.9 Å². The quantitative estimate of drug-likeness (QED) is 0.786. The number of benzene rings is 1. The van der Waals surface area contributed by atoms with Gasteiger partial charge in [0.05, 0.1) is 11.7 Å². The Morgan fingerprint density at radius 1 is 1.25 bits per heavy atom. The van der Waals surface area contributed by atoms with Crippen molar-refractivity contribution in [2.24, 2.45) is 5.92 Å². The van der Waals surface area contributed by atoms with Crippen molar-refractivity contribution >= 4 is 42.8 Å². The minimum absolute atomic E-state index is 0.0369. The number of nitrogens with zero attached hydrogens (tertiary/aromatic N) is 1. The van der Waals surface area contributed by atoms with Crippen LogP contribution in [0, 0.1) is 5.92 Å². The Kier molecular flexibility index (Phi) is 5.75. The molecule has 0 aliphatic rings. The van der Waals surface area contributed by atoms with Crippen molar-refractivity contribution in [2.75, 3.05) is 0 Å². The predicted molar refractivity (Wildman–Crippen MR) is 100 cm³/mol. The van der Waals surface area contributed by atoms with E-state index in [1.807, 2.05) is 24.4 Å². The van der Waals surface area contributed by atoms with E-state index in [9.17, 15) is 13.2 Å². The Bertz CT molecular complexity index is 854. The van der Waals surface area contributed by atoms with Crippen LogP contribution in [-0.2, 0) is 27.8 Å². The van der Waals surface area contributed by atoms with E-state index < -0.39 is 21.2 Å². The van der Waals surface area contributed by atoms with Gasteiger partial charge in [-0.1, -0.05) is 35.8 Å². The number of rotatable bonds is 6. The zero-order valence-corrected chi connectivity index (χ0v) is 16.7. The maximum Gasteiger partial charge on any atom is 0.237 e. The lowest BCUT2D eigenvalue weighted by Crippen LogP contribution is -2.36. The molecule has 1 aromatic carbocycles. The van der Waals surface area contributed by atoms with Crippen molar-refractivity contribution in [3.8, 4) is 0 Å². The molecule has 2 aromatic rings. The lowest BCUT2D eigenvalue weighted by atomic mass is 10.1. The third-order valence-corrected chi connectivity index (χ3v) is 5.96. The molecular formula is C17H23BrN2O3S. The minimum Gasteiger partial charge on any atom is -0.347 e. The van der Waals surface area contributed by atoms with E-state index in [1.54, 1.807) is 13.8 Å². The molecule has 0 saturated heterocycles. The van der Waals surface area contributed by atoms with Crippen molar-refractivity contribution in [3.05, 3.63) is 34.4 Å². The molecule has 1 heterocycles. The van der Waals surface area contributed by atoms with Crippen molar-refractivity contribution in [2.45, 2.75) is 45.9 Å². The third kappa shape index (κ3) is 4.39. The number of aromatic nitrogens is 1. The third-order valence-electron chi connectivity index (χ3n) is 3.72. The van der Waals surface area contributed by atoms with Gasteiger partial charge in [-0.15, -0.1) is 0 Å². The van der Waals surface area contributed by atoms with Gasteiger partial charge in [0.25, 0.3) is 0 Å². The molecule has 0 spiro atoms. The lowest BCUT2D eigenvalue weighted by Gasteiger charge is -2.09. The summed E-state index contributed by atoms with van der Waals surface area (Å²) in [6, 6.07) is 5.90. The second-order valence-corrected chi connectivity index (χ2v) is 9.81. The second-order valence-electron chi connectivity index (χ2n) is 6.66. The summed E-state index contributed by atoms with van der Waals surface area (Å²) >= 11 is 3.48. The molecule has 0 aliphatic heterocycles. The molecule has 0 radical (unpaired) electrons. The van der Waals surface area contributed by atoms with E-state index in [4.69, 9.17) is 0 Å². The number of nitrogens with one attached hydrogen (secondary N) is 1. The smallest absolute Gasteiger partial charge is 0.237 e. The van der Waals surface area contributed by atoms with Crippen LogP contribution in [0.2, 0.25) is 0 Å². The van der Waals surface area contributed by atoms with Gasteiger partial charge in [-0.3, -0.25) is 9.52 Å². The van der Waals surface area contributed by atoms with Gasteiger partial charge in [-0.2, -0.15) is 0 Å². The number of halogens is 1. The van der Waals surface area contributed by atoms with Crippen LogP contribution in [0.1, 0.15) is 33.3 Å². The molecule has 1 aromatic heterocycles. The van der Waals surface area contributed by atoms with Gasteiger partial charge in [-0.25, -0.2) is 8.42 Å². The van der Waals surface area contributed by atoms with Gasteiger partial charge in [0.2, 0.25) is 15.9 Å². The topological polar surface area (TPSA) is 68.2 Å². The predicted octanol–water partition coefficient (Wildman–Crippen LogP) is 3.46. The Morgan fingerprint density at radius 3 is 2.50 bits per heavy atom. The number of fused-ring (bicyclic) bond motifs is 1. The number of hydrogen-bond acceptors (Lipinski definition) is 3. The van der Waals surface area contributed by atoms with Crippen LogP contribution >= 0.6 is 15.9 Å². The number of sulfonamides is 1. The Balaban J connectivity index is 2.34. The van der Waals surface area contributed by atoms with Gasteiger partial charge in [0.15, 0.2) is 0 Å². The number of hydrogen-bond donors (Lipinski definition) is 1. The molecule has 7 heteroatoms. The molecule has 0 fully saturated rings. The van der Waals surface area contributed by atoms with E-state index in [1.165, 1.54) is 0 Å². The molecule has 0 saturated carbocycles. The number of carbonyl (C=O) groups excluding carboxylic acids is 1. The van der Waals surface area contributed by atoms with E-state index in [0.717, 1.165) is 27.5 Å². The average molecular weight is 415 g/mol. The fourth-order valence-electron chi connectivity index (χ4n) is 2.51. The molecular weight excluding hydrogens is 392 g/mol. The summed E-state index contributed by atoms with van der Waals surface area (Å²) in [5, 5.41) is 0.329. The van der Waals surface area contributed by atoms with Gasteiger partial charge >= 0.3 is 0 Å². The molecule has 1 N–H and O–H groups in total. The molecule has 5 nitrogen and oxygen atoms in total. The highest BCUT2D eigenvalue weighted by Crippen LogP contribution is 2.26. The molecule has 0 unspecified atom stereocenters. The summed E-state index contributed by atoms with van der Waals surface area (Å²) in [6.45, 7) is 8.18. The lowest BCUT2D eigenvalue weighted by molar-refractivity contribution is -0.118. The van der Waals surface area contributed by atoms with Crippen LogP contribution in [0.3, 0.4) is 0 Å². The Morgan fingerprint density at radius 2 is 1.92 bits per heavy atom. The summed E-state index contributed by atoms with van der Waals surface area (Å²) in [5.41, 5.74) is 1.86. The van der Waals surface area contributed by atoms with Crippen LogP contribution < -0.4 is 4.72 Å².